The van der Waals surface area contributed by atoms with Gasteiger partial charge in [-0.25, -0.2) is 0 Å². The molecule has 0 fully saturated rings. The highest BCUT2D eigenvalue weighted by atomic mass is 16.5. The maximum Gasteiger partial charge on any atom is 0.251 e. The number of carbonyl (C=O) groups excluding carboxylic acids is 5. The quantitative estimate of drug-likeness (QED) is 0.0680. The molecule has 16 nitrogen and oxygen atoms in total. The molecule has 10 N–H and O–H groups in total. The number of rotatable bonds is 19. The molecule has 3 aromatic carbocycles. The number of carbonyl (C=O) groups is 5. The molecule has 3 aromatic rings. The summed E-state index contributed by atoms with van der Waals surface area (Å²) in [5.41, 5.74) is 23.0. The number of likely N-dealkylation sites (N-methyl/N-ethyl adjacent to an activating group) is 1. The number of amides is 5. The highest BCUT2D eigenvalue weighted by Crippen LogP contribution is 2.40. The highest BCUT2D eigenvalue weighted by molar-refractivity contribution is 5.98. The van der Waals surface area contributed by atoms with Crippen LogP contribution in [-0.4, -0.2) is 99.5 Å². The minimum Gasteiger partial charge on any atom is -0.492 e. The lowest BCUT2D eigenvalue weighted by atomic mass is 9.93. The molecular formula is C45H61N9O7. The minimum absolute atomic E-state index is 0.0179. The molecule has 4 rings (SSSR count). The Morgan fingerprint density at radius 3 is 2.23 bits per heavy atom. The molecule has 0 aromatic heterocycles. The van der Waals surface area contributed by atoms with Crippen LogP contribution in [0.3, 0.4) is 0 Å². The van der Waals surface area contributed by atoms with Gasteiger partial charge in [0.15, 0.2) is 0 Å². The van der Waals surface area contributed by atoms with Crippen molar-refractivity contribution in [2.45, 2.75) is 83.8 Å². The molecule has 61 heavy (non-hydrogen) atoms. The van der Waals surface area contributed by atoms with Gasteiger partial charge in [0.05, 0.1) is 6.07 Å². The molecule has 328 valence electrons. The van der Waals surface area contributed by atoms with Crippen LogP contribution in [0.15, 0.2) is 48.5 Å². The molecule has 0 radical (unpaired) electrons. The number of nitrogens with zero attached hydrogens (tertiary/aromatic N) is 2. The van der Waals surface area contributed by atoms with Crippen molar-refractivity contribution in [3.05, 3.63) is 81.9 Å². The first kappa shape index (κ1) is 47.7. The highest BCUT2D eigenvalue weighted by Gasteiger charge is 2.33. The van der Waals surface area contributed by atoms with Crippen molar-refractivity contribution in [1.82, 2.24) is 26.2 Å². The smallest absolute Gasteiger partial charge is 0.251 e. The van der Waals surface area contributed by atoms with Crippen molar-refractivity contribution in [3.63, 3.8) is 0 Å². The Labute approximate surface area is 358 Å². The van der Waals surface area contributed by atoms with Crippen LogP contribution in [0.2, 0.25) is 0 Å². The summed E-state index contributed by atoms with van der Waals surface area (Å²) in [5, 5.41) is 20.0. The molecule has 0 saturated heterocycles. The summed E-state index contributed by atoms with van der Waals surface area (Å²) in [4.78, 5) is 70.1. The summed E-state index contributed by atoms with van der Waals surface area (Å²) in [6.07, 6.45) is 4.60. The number of benzene rings is 3. The average Bonchev–Trinajstić information content (AvgIpc) is 3.23. The van der Waals surface area contributed by atoms with E-state index < -0.39 is 41.8 Å². The van der Waals surface area contributed by atoms with Gasteiger partial charge in [0, 0.05) is 56.2 Å². The Bertz CT molecular complexity index is 2070. The molecule has 0 aliphatic carbocycles. The fraction of sp³-hybridized carbons (Fsp3) is 0.467. The second-order valence-corrected chi connectivity index (χ2v) is 15.1. The predicted molar refractivity (Wildman–Crippen MR) is 232 cm³/mol. The van der Waals surface area contributed by atoms with E-state index in [0.29, 0.717) is 52.3 Å². The zero-order chi connectivity index (χ0) is 44.5. The SMILES string of the molecule is CCCCCc1cc(C)c(C(=O)NCCC(=O)N(C)[C@@H]2C(=O)N[C@@H](C)C(=O)N[C@H](C(=O)NCC#N)Cc3ccc(OCCN)c(c3)-c3cc2ccc3OCCN)c(CCN)c1. The molecule has 3 atom stereocenters. The van der Waals surface area contributed by atoms with E-state index in [1.807, 2.05) is 25.1 Å². The van der Waals surface area contributed by atoms with Gasteiger partial charge in [-0.3, -0.25) is 24.0 Å². The van der Waals surface area contributed by atoms with Crippen LogP contribution in [-0.2, 0) is 38.4 Å². The number of nitrogens with one attached hydrogen (secondary N) is 4. The van der Waals surface area contributed by atoms with Crippen LogP contribution in [0.25, 0.3) is 11.1 Å². The molecule has 1 aliphatic rings. The van der Waals surface area contributed by atoms with E-state index in [1.54, 1.807) is 36.4 Å². The monoisotopic (exact) mass is 839 g/mol. The molecule has 16 heteroatoms. The van der Waals surface area contributed by atoms with E-state index in [1.165, 1.54) is 18.9 Å². The molecule has 4 bridgehead atoms. The van der Waals surface area contributed by atoms with Gasteiger partial charge < -0.3 is 52.8 Å². The van der Waals surface area contributed by atoms with Gasteiger partial charge in [0.1, 0.15) is 49.4 Å². The first-order valence-electron chi connectivity index (χ1n) is 20.9. The van der Waals surface area contributed by atoms with Crippen LogP contribution in [0.5, 0.6) is 11.5 Å². The average molecular weight is 840 g/mol. The number of fused-ring (bicyclic) bond motifs is 5. The van der Waals surface area contributed by atoms with Gasteiger partial charge in [-0.05, 0) is 91.7 Å². The van der Waals surface area contributed by atoms with Crippen LogP contribution in [0, 0.1) is 18.3 Å². The number of unbranched alkanes of at least 4 members (excludes halogenated alkanes) is 2. The van der Waals surface area contributed by atoms with Gasteiger partial charge in [-0.2, -0.15) is 5.26 Å². The number of aryl methyl sites for hydroxylation is 2. The summed E-state index contributed by atoms with van der Waals surface area (Å²) in [6.45, 7) is 6.37. The van der Waals surface area contributed by atoms with Gasteiger partial charge in [-0.1, -0.05) is 44.0 Å². The predicted octanol–water partition coefficient (Wildman–Crippen LogP) is 2.08. The summed E-state index contributed by atoms with van der Waals surface area (Å²) >= 11 is 0. The third-order valence-corrected chi connectivity index (χ3v) is 10.4. The zero-order valence-electron chi connectivity index (χ0n) is 35.7. The minimum atomic E-state index is -1.27. The summed E-state index contributed by atoms with van der Waals surface area (Å²) in [6, 6.07) is 12.7. The first-order chi connectivity index (χ1) is 29.4. The van der Waals surface area contributed by atoms with E-state index >= 15 is 0 Å². The van der Waals surface area contributed by atoms with Gasteiger partial charge >= 0.3 is 0 Å². The third kappa shape index (κ3) is 13.0. The number of nitrogens with two attached hydrogens (primary N) is 3. The van der Waals surface area contributed by atoms with Gasteiger partial charge in [0.25, 0.3) is 5.91 Å². The number of hydrogen-bond acceptors (Lipinski definition) is 11. The maximum absolute atomic E-state index is 14.3. The number of nitriles is 1. The lowest BCUT2D eigenvalue weighted by molar-refractivity contribution is -0.140. The molecular weight excluding hydrogens is 779 g/mol. The van der Waals surface area contributed by atoms with Crippen molar-refractivity contribution < 1.29 is 33.4 Å². The van der Waals surface area contributed by atoms with E-state index in [9.17, 15) is 24.0 Å². The van der Waals surface area contributed by atoms with E-state index in [4.69, 9.17) is 31.9 Å². The lowest BCUT2D eigenvalue weighted by Gasteiger charge is -2.30. The summed E-state index contributed by atoms with van der Waals surface area (Å²) in [7, 11) is 1.48. The fourth-order valence-electron chi connectivity index (χ4n) is 7.37. The van der Waals surface area contributed by atoms with Crippen molar-refractivity contribution in [2.24, 2.45) is 17.2 Å². The van der Waals surface area contributed by atoms with E-state index in [2.05, 4.69) is 28.2 Å². The second-order valence-electron chi connectivity index (χ2n) is 15.1. The molecule has 0 spiro atoms. The first-order valence-corrected chi connectivity index (χ1v) is 20.9. The molecule has 1 aliphatic heterocycles. The van der Waals surface area contributed by atoms with Crippen molar-refractivity contribution >= 4 is 29.5 Å². The molecule has 0 saturated carbocycles. The van der Waals surface area contributed by atoms with Crippen molar-refractivity contribution in [1.29, 1.82) is 5.26 Å². The zero-order valence-corrected chi connectivity index (χ0v) is 35.7. The maximum atomic E-state index is 14.3. The Kier molecular flexibility index (Phi) is 18.5. The van der Waals surface area contributed by atoms with Gasteiger partial charge in [-0.15, -0.1) is 0 Å². The van der Waals surface area contributed by atoms with Crippen LogP contribution in [0.1, 0.15) is 83.7 Å². The Morgan fingerprint density at radius 1 is 0.885 bits per heavy atom. The number of hydrogen-bond donors (Lipinski definition) is 7. The molecule has 0 unspecified atom stereocenters. The van der Waals surface area contributed by atoms with Crippen molar-refractivity contribution in [2.75, 3.05) is 53.0 Å². The van der Waals surface area contributed by atoms with Crippen LogP contribution >= 0.6 is 0 Å². The van der Waals surface area contributed by atoms with Crippen LogP contribution in [0.4, 0.5) is 0 Å². The number of ether oxygens (including phenoxy) is 2. The molecule has 5 amide bonds. The lowest BCUT2D eigenvalue weighted by Crippen LogP contribution is -2.55. The normalized spacial score (nSPS) is 16.3. The topological polar surface area (TPSA) is 257 Å². The Morgan fingerprint density at radius 2 is 1.57 bits per heavy atom. The third-order valence-electron chi connectivity index (χ3n) is 10.4. The fourth-order valence-corrected chi connectivity index (χ4v) is 7.37. The second kappa shape index (κ2) is 23.7. The molecule has 1 heterocycles. The standard InChI is InChI=1S/C45H61N9O7/c1-5-6-7-8-30-23-28(2)40(32(24-30)13-15-46)44(58)50-19-14-39(55)54(4)41-33-10-12-38(61-22-18-49)35(27-33)34-25-31(9-11-37(34)60-21-17-48)26-36(43(57)51-20-16-47)53-42(56)29(3)52-45(41)59/h9-12,23-25,27,29,36,41H,5-8,13-15,17-22,26,46,48-49H2,1-4H3,(H,50,58)(H,51,57)(H,52,59)(H,53,56)/t29-,36-,41-/m0/s1. The summed E-state index contributed by atoms with van der Waals surface area (Å²) < 4.78 is 12.1. The summed E-state index contributed by atoms with van der Waals surface area (Å²) in [5.74, 6) is -1.88. The van der Waals surface area contributed by atoms with Gasteiger partial charge in [0.2, 0.25) is 23.6 Å². The van der Waals surface area contributed by atoms with Crippen LogP contribution < -0.4 is 47.9 Å². The Balaban J connectivity index is 1.72. The Hall–Kier alpha value is -6.02. The largest absolute Gasteiger partial charge is 0.492 e. The van der Waals surface area contributed by atoms with Crippen molar-refractivity contribution in [3.8, 4) is 28.7 Å². The van der Waals surface area contributed by atoms with E-state index in [0.717, 1.165) is 42.4 Å². The van der Waals surface area contributed by atoms with E-state index in [-0.39, 0.29) is 58.1 Å².